The van der Waals surface area contributed by atoms with Crippen LogP contribution in [0.2, 0.25) is 0 Å². The molecule has 0 radical (unpaired) electrons. The number of ether oxygens (including phenoxy) is 2. The number of carbonyl (C=O) groups excluding carboxylic acids is 1. The molecule has 3 aromatic rings. The van der Waals surface area contributed by atoms with Crippen molar-refractivity contribution in [3.63, 3.8) is 0 Å². The Morgan fingerprint density at radius 1 is 1.03 bits per heavy atom. The maximum absolute atomic E-state index is 13.4. The minimum absolute atomic E-state index is 0.0413. The molecule has 1 amide bonds. The lowest BCUT2D eigenvalue weighted by atomic mass is 9.87. The van der Waals surface area contributed by atoms with Crippen molar-refractivity contribution in [3.8, 4) is 17.2 Å². The summed E-state index contributed by atoms with van der Waals surface area (Å²) in [5.74, 6) is 0.0413. The molecule has 2 unspecified atom stereocenters. The standard InChI is InChI=1S/C30H26N2O3/c1-19-12-20(15-31)10-11-24(19)21-13-22-16-34-17-23(14-21)32(22)30(33)35-18-29-27-8-4-2-6-25(27)26-7-3-5-9-28(26)29/h2-13,22-23,29H,14,16-18H2,1H3. The van der Waals surface area contributed by atoms with Crippen LogP contribution < -0.4 is 0 Å². The summed E-state index contributed by atoms with van der Waals surface area (Å²) in [6.45, 7) is 3.29. The van der Waals surface area contributed by atoms with E-state index >= 15 is 0 Å². The Hall–Kier alpha value is -3.88. The fourth-order valence-corrected chi connectivity index (χ4v) is 5.84. The van der Waals surface area contributed by atoms with E-state index in [0.717, 1.165) is 11.1 Å². The highest BCUT2D eigenvalue weighted by Gasteiger charge is 2.40. The summed E-state index contributed by atoms with van der Waals surface area (Å²) >= 11 is 0. The normalized spacial score (nSPS) is 20.5. The van der Waals surface area contributed by atoms with Crippen LogP contribution in [0.4, 0.5) is 4.79 Å². The van der Waals surface area contributed by atoms with Crippen LogP contribution in [-0.2, 0) is 9.47 Å². The zero-order valence-electron chi connectivity index (χ0n) is 19.6. The Labute approximate surface area is 205 Å². The van der Waals surface area contributed by atoms with Gasteiger partial charge in [-0.2, -0.15) is 5.26 Å². The molecule has 0 N–H and O–H groups in total. The van der Waals surface area contributed by atoms with Gasteiger partial charge in [0.25, 0.3) is 0 Å². The summed E-state index contributed by atoms with van der Waals surface area (Å²) in [5.41, 5.74) is 8.93. The molecule has 5 nitrogen and oxygen atoms in total. The molecule has 2 aliphatic heterocycles. The maximum atomic E-state index is 13.4. The van der Waals surface area contributed by atoms with E-state index in [9.17, 15) is 10.1 Å². The van der Waals surface area contributed by atoms with Crippen molar-refractivity contribution in [2.45, 2.75) is 31.3 Å². The number of hydrogen-bond donors (Lipinski definition) is 0. The molecule has 174 valence electrons. The highest BCUT2D eigenvalue weighted by Crippen LogP contribution is 2.44. The molecule has 2 bridgehead atoms. The average Bonchev–Trinajstić information content (AvgIpc) is 3.20. The van der Waals surface area contributed by atoms with Crippen LogP contribution in [0, 0.1) is 18.3 Å². The number of rotatable bonds is 3. The second kappa shape index (κ2) is 8.72. The predicted octanol–water partition coefficient (Wildman–Crippen LogP) is 5.67. The number of fused-ring (bicyclic) bond motifs is 5. The molecule has 2 atom stereocenters. The number of aryl methyl sites for hydroxylation is 1. The number of benzene rings is 3. The van der Waals surface area contributed by atoms with Gasteiger partial charge in [0.2, 0.25) is 0 Å². The average molecular weight is 463 g/mol. The van der Waals surface area contributed by atoms with Gasteiger partial charge in [-0.15, -0.1) is 0 Å². The fraction of sp³-hybridized carbons (Fsp3) is 0.267. The molecule has 6 rings (SSSR count). The van der Waals surface area contributed by atoms with Gasteiger partial charge in [-0.05, 0) is 64.4 Å². The second-order valence-corrected chi connectivity index (χ2v) is 9.51. The smallest absolute Gasteiger partial charge is 0.410 e. The number of amides is 1. The summed E-state index contributed by atoms with van der Waals surface area (Å²) in [4.78, 5) is 15.2. The number of morpholine rings is 1. The Balaban J connectivity index is 1.22. The summed E-state index contributed by atoms with van der Waals surface area (Å²) in [6.07, 6.45) is 2.55. The van der Waals surface area contributed by atoms with E-state index in [2.05, 4.69) is 48.5 Å². The molecule has 3 aromatic carbocycles. The molecule has 1 saturated heterocycles. The lowest BCUT2D eigenvalue weighted by Gasteiger charge is -2.44. The summed E-state index contributed by atoms with van der Waals surface area (Å²) < 4.78 is 11.8. The van der Waals surface area contributed by atoms with E-state index in [1.807, 2.05) is 42.2 Å². The van der Waals surface area contributed by atoms with Crippen molar-refractivity contribution in [1.29, 1.82) is 5.26 Å². The van der Waals surface area contributed by atoms with Gasteiger partial charge < -0.3 is 9.47 Å². The van der Waals surface area contributed by atoms with Crippen molar-refractivity contribution in [3.05, 3.63) is 101 Å². The predicted molar refractivity (Wildman–Crippen MR) is 134 cm³/mol. The highest BCUT2D eigenvalue weighted by molar-refractivity contribution is 5.79. The van der Waals surface area contributed by atoms with Crippen LogP contribution in [0.5, 0.6) is 0 Å². The minimum atomic E-state index is -0.281. The lowest BCUT2D eigenvalue weighted by molar-refractivity contribution is -0.0331. The van der Waals surface area contributed by atoms with Crippen LogP contribution in [0.1, 0.15) is 40.2 Å². The Morgan fingerprint density at radius 2 is 1.74 bits per heavy atom. The molecule has 0 spiro atoms. The molecule has 0 aromatic heterocycles. The van der Waals surface area contributed by atoms with E-state index in [-0.39, 0.29) is 24.1 Å². The van der Waals surface area contributed by atoms with Gasteiger partial charge in [-0.25, -0.2) is 4.79 Å². The second-order valence-electron chi connectivity index (χ2n) is 9.51. The quantitative estimate of drug-likeness (QED) is 0.503. The first-order chi connectivity index (χ1) is 17.1. The van der Waals surface area contributed by atoms with Crippen molar-refractivity contribution in [2.24, 2.45) is 0 Å². The first-order valence-electron chi connectivity index (χ1n) is 12.1. The lowest BCUT2D eigenvalue weighted by Crippen LogP contribution is -2.56. The highest BCUT2D eigenvalue weighted by atomic mass is 16.6. The number of carbonyl (C=O) groups is 1. The zero-order chi connectivity index (χ0) is 23.9. The topological polar surface area (TPSA) is 62.6 Å². The van der Waals surface area contributed by atoms with Gasteiger partial charge in [0.05, 0.1) is 36.9 Å². The third-order valence-corrected chi connectivity index (χ3v) is 7.45. The Morgan fingerprint density at radius 3 is 2.40 bits per heavy atom. The van der Waals surface area contributed by atoms with Crippen molar-refractivity contribution in [2.75, 3.05) is 19.8 Å². The van der Waals surface area contributed by atoms with E-state index in [0.29, 0.717) is 31.8 Å². The minimum Gasteiger partial charge on any atom is -0.448 e. The SMILES string of the molecule is Cc1cc(C#N)ccc1C1=CC2COCC(C1)N2C(=O)OCC1c2ccccc2-c2ccccc21. The van der Waals surface area contributed by atoms with Crippen LogP contribution in [0.25, 0.3) is 16.7 Å². The Kier molecular flexibility index (Phi) is 5.39. The molecule has 0 saturated carbocycles. The van der Waals surface area contributed by atoms with Crippen LogP contribution in [-0.4, -0.2) is 42.9 Å². The third kappa shape index (κ3) is 3.71. The monoisotopic (exact) mass is 462 g/mol. The van der Waals surface area contributed by atoms with E-state index in [1.54, 1.807) is 0 Å². The van der Waals surface area contributed by atoms with Crippen LogP contribution >= 0.6 is 0 Å². The largest absolute Gasteiger partial charge is 0.448 e. The fourth-order valence-electron chi connectivity index (χ4n) is 5.84. The summed E-state index contributed by atoms with van der Waals surface area (Å²) in [7, 11) is 0. The van der Waals surface area contributed by atoms with E-state index in [1.165, 1.54) is 27.8 Å². The molecule has 3 aliphatic rings. The van der Waals surface area contributed by atoms with Crippen LogP contribution in [0.15, 0.2) is 72.8 Å². The van der Waals surface area contributed by atoms with Gasteiger partial charge in [-0.1, -0.05) is 60.7 Å². The molecule has 5 heteroatoms. The van der Waals surface area contributed by atoms with Gasteiger partial charge in [0.1, 0.15) is 6.61 Å². The van der Waals surface area contributed by atoms with Crippen molar-refractivity contribution >= 4 is 11.7 Å². The maximum Gasteiger partial charge on any atom is 0.410 e. The molecular weight excluding hydrogens is 436 g/mol. The van der Waals surface area contributed by atoms with Crippen LogP contribution in [0.3, 0.4) is 0 Å². The number of nitriles is 1. The van der Waals surface area contributed by atoms with Gasteiger partial charge >= 0.3 is 6.09 Å². The van der Waals surface area contributed by atoms with E-state index < -0.39 is 0 Å². The summed E-state index contributed by atoms with van der Waals surface area (Å²) in [5, 5.41) is 9.19. The van der Waals surface area contributed by atoms with Crippen molar-refractivity contribution < 1.29 is 14.3 Å². The first-order valence-corrected chi connectivity index (χ1v) is 12.1. The van der Waals surface area contributed by atoms with E-state index in [4.69, 9.17) is 9.47 Å². The number of nitrogens with zero attached hydrogens (tertiary/aromatic N) is 2. The van der Waals surface area contributed by atoms with Crippen molar-refractivity contribution in [1.82, 2.24) is 4.90 Å². The molecule has 35 heavy (non-hydrogen) atoms. The molecular formula is C30H26N2O3. The van der Waals surface area contributed by atoms with Gasteiger partial charge in [0, 0.05) is 5.92 Å². The number of hydrogen-bond acceptors (Lipinski definition) is 4. The molecule has 2 heterocycles. The first kappa shape index (κ1) is 21.6. The Bertz CT molecular complexity index is 1340. The van der Waals surface area contributed by atoms with Gasteiger partial charge in [-0.3, -0.25) is 4.90 Å². The molecule has 1 fully saturated rings. The zero-order valence-corrected chi connectivity index (χ0v) is 19.6. The third-order valence-electron chi connectivity index (χ3n) is 7.45. The van der Waals surface area contributed by atoms with Gasteiger partial charge in [0.15, 0.2) is 0 Å². The molecule has 1 aliphatic carbocycles. The summed E-state index contributed by atoms with van der Waals surface area (Å²) in [6, 6.07) is 24.5.